The van der Waals surface area contributed by atoms with Crippen LogP contribution in [0, 0.1) is 0 Å². The van der Waals surface area contributed by atoms with Crippen LogP contribution in [0.3, 0.4) is 0 Å². The van der Waals surface area contributed by atoms with Gasteiger partial charge in [0.15, 0.2) is 0 Å². The van der Waals surface area contributed by atoms with Crippen molar-refractivity contribution in [3.05, 3.63) is 70.8 Å². The highest BCUT2D eigenvalue weighted by atomic mass is 14.2. The zero-order valence-corrected chi connectivity index (χ0v) is 20.6. The van der Waals surface area contributed by atoms with E-state index in [0.29, 0.717) is 0 Å². The molecule has 0 heterocycles. The maximum Gasteiger partial charge on any atom is -0.0132 e. The average Bonchev–Trinajstić information content (AvgIpc) is 2.52. The first-order valence-corrected chi connectivity index (χ1v) is 10.6. The molecule has 0 aliphatic rings. The Morgan fingerprint density at radius 1 is 0.357 bits per heavy atom. The molecule has 0 aromatic heterocycles. The van der Waals surface area contributed by atoms with Crippen molar-refractivity contribution in [3.63, 3.8) is 0 Å². The monoisotopic (exact) mass is 380 g/mol. The van der Waals surface area contributed by atoms with Gasteiger partial charge in [-0.2, -0.15) is 0 Å². The van der Waals surface area contributed by atoms with Crippen LogP contribution in [-0.2, 0) is 21.7 Å². The third kappa shape index (κ3) is 7.46. The summed E-state index contributed by atoms with van der Waals surface area (Å²) in [6, 6.07) is 17.9. The lowest BCUT2D eigenvalue weighted by Gasteiger charge is -2.24. The molecule has 0 amide bonds. The van der Waals surface area contributed by atoms with Crippen molar-refractivity contribution < 1.29 is 0 Å². The van der Waals surface area contributed by atoms with Crippen LogP contribution < -0.4 is 0 Å². The summed E-state index contributed by atoms with van der Waals surface area (Å²) in [5.41, 5.74) is 6.69. The van der Waals surface area contributed by atoms with Crippen LogP contribution in [0.2, 0.25) is 0 Å². The summed E-state index contributed by atoms with van der Waals surface area (Å²) in [7, 11) is 0. The van der Waals surface area contributed by atoms with Crippen LogP contribution in [0.1, 0.15) is 105 Å². The molecule has 0 saturated heterocycles. The summed E-state index contributed by atoms with van der Waals surface area (Å²) < 4.78 is 0. The van der Waals surface area contributed by atoms with Crippen molar-refractivity contribution in [2.24, 2.45) is 0 Å². The topological polar surface area (TPSA) is 0 Å². The van der Waals surface area contributed by atoms with Crippen LogP contribution in [0.4, 0.5) is 0 Å². The van der Waals surface area contributed by atoms with Crippen LogP contribution >= 0.6 is 0 Å². The van der Waals surface area contributed by atoms with E-state index in [1.165, 1.54) is 22.3 Å². The molecule has 0 radical (unpaired) electrons. The summed E-state index contributed by atoms with van der Waals surface area (Å²) in [6.45, 7) is 27.1. The SMILES string of the molecule is CC(C)(C)c1cccc(C(C)(C)C)c1.CC(C)(C)c1cccc(C(C)(C)C)c1. The largest absolute Gasteiger partial charge is 0.0617 e. The quantitative estimate of drug-likeness (QED) is 0.429. The Labute approximate surface area is 175 Å². The number of rotatable bonds is 0. The van der Waals surface area contributed by atoms with Gasteiger partial charge in [0.2, 0.25) is 0 Å². The molecule has 0 spiro atoms. The van der Waals surface area contributed by atoms with Crippen molar-refractivity contribution in [2.45, 2.75) is 105 Å². The third-order valence-electron chi connectivity index (χ3n) is 5.19. The van der Waals surface area contributed by atoms with E-state index in [2.05, 4.69) is 132 Å². The van der Waals surface area contributed by atoms with Gasteiger partial charge in [-0.15, -0.1) is 0 Å². The van der Waals surface area contributed by atoms with Gasteiger partial charge in [-0.3, -0.25) is 0 Å². The van der Waals surface area contributed by atoms with Crippen LogP contribution in [0.15, 0.2) is 48.5 Å². The second kappa shape index (κ2) is 8.44. The molecule has 0 saturated carbocycles. The predicted octanol–water partition coefficient (Wildman–Crippen LogP) is 8.56. The zero-order chi connectivity index (χ0) is 22.0. The molecule has 2 aromatic rings. The molecule has 0 heteroatoms. The summed E-state index contributed by atoms with van der Waals surface area (Å²) in [4.78, 5) is 0. The summed E-state index contributed by atoms with van der Waals surface area (Å²) >= 11 is 0. The lowest BCUT2D eigenvalue weighted by Crippen LogP contribution is -2.15. The molecule has 156 valence electrons. The van der Waals surface area contributed by atoms with Crippen LogP contribution in [0.5, 0.6) is 0 Å². The first-order valence-electron chi connectivity index (χ1n) is 10.6. The molecule has 0 nitrogen and oxygen atoms in total. The van der Waals surface area contributed by atoms with Crippen LogP contribution in [0.25, 0.3) is 0 Å². The zero-order valence-electron chi connectivity index (χ0n) is 20.6. The Bertz CT molecular complexity index is 624. The summed E-state index contributed by atoms with van der Waals surface area (Å²) in [5, 5.41) is 0. The smallest absolute Gasteiger partial charge is 0.0132 e. The minimum Gasteiger partial charge on any atom is -0.0617 e. The fourth-order valence-corrected chi connectivity index (χ4v) is 2.90. The summed E-state index contributed by atoms with van der Waals surface area (Å²) in [5.74, 6) is 0. The molecule has 0 unspecified atom stereocenters. The molecular formula is C28H44. The van der Waals surface area contributed by atoms with E-state index in [-0.39, 0.29) is 21.7 Å². The molecule has 0 fully saturated rings. The Kier molecular flexibility index (Phi) is 7.38. The Balaban J connectivity index is 0.000000280. The van der Waals surface area contributed by atoms with E-state index in [4.69, 9.17) is 0 Å². The van der Waals surface area contributed by atoms with Crippen molar-refractivity contribution >= 4 is 0 Å². The number of hydrogen-bond donors (Lipinski definition) is 0. The van der Waals surface area contributed by atoms with Crippen molar-refractivity contribution in [1.29, 1.82) is 0 Å². The Hall–Kier alpha value is -1.56. The highest BCUT2D eigenvalue weighted by Gasteiger charge is 2.19. The fraction of sp³-hybridized carbons (Fsp3) is 0.571. The number of hydrogen-bond acceptors (Lipinski definition) is 0. The van der Waals surface area contributed by atoms with Crippen molar-refractivity contribution in [1.82, 2.24) is 0 Å². The van der Waals surface area contributed by atoms with Gasteiger partial charge in [-0.1, -0.05) is 132 Å². The van der Waals surface area contributed by atoms with Gasteiger partial charge >= 0.3 is 0 Å². The normalized spacial score (nSPS) is 13.0. The van der Waals surface area contributed by atoms with Gasteiger partial charge in [-0.25, -0.2) is 0 Å². The van der Waals surface area contributed by atoms with Gasteiger partial charge in [0.05, 0.1) is 0 Å². The average molecular weight is 381 g/mol. The van der Waals surface area contributed by atoms with Crippen LogP contribution in [-0.4, -0.2) is 0 Å². The second-order valence-electron chi connectivity index (χ2n) is 12.2. The summed E-state index contributed by atoms with van der Waals surface area (Å²) in [6.07, 6.45) is 0. The molecule has 0 aliphatic heterocycles. The van der Waals surface area contributed by atoms with E-state index in [0.717, 1.165) is 0 Å². The molecule has 0 aliphatic carbocycles. The molecule has 0 bridgehead atoms. The lowest BCUT2D eigenvalue weighted by atomic mass is 9.81. The second-order valence-corrected chi connectivity index (χ2v) is 12.2. The molecular weight excluding hydrogens is 336 g/mol. The molecule has 28 heavy (non-hydrogen) atoms. The maximum atomic E-state index is 2.33. The molecule has 2 aromatic carbocycles. The van der Waals surface area contributed by atoms with E-state index >= 15 is 0 Å². The molecule has 0 atom stereocenters. The maximum absolute atomic E-state index is 2.33. The minimum absolute atomic E-state index is 0.251. The van der Waals surface area contributed by atoms with E-state index in [1.54, 1.807) is 0 Å². The van der Waals surface area contributed by atoms with Gasteiger partial charge in [0.1, 0.15) is 0 Å². The van der Waals surface area contributed by atoms with E-state index in [1.807, 2.05) is 0 Å². The lowest BCUT2D eigenvalue weighted by molar-refractivity contribution is 0.568. The Morgan fingerprint density at radius 3 is 0.679 bits per heavy atom. The highest BCUT2D eigenvalue weighted by molar-refractivity contribution is 5.33. The standard InChI is InChI=1S/2C14H22/c2*1-13(2,3)11-8-7-9-12(10-11)14(4,5)6/h2*7-10H,1-6H3. The van der Waals surface area contributed by atoms with Gasteiger partial charge in [0, 0.05) is 0 Å². The molecule has 0 N–H and O–H groups in total. The predicted molar refractivity (Wildman–Crippen MR) is 128 cm³/mol. The molecule has 2 rings (SSSR count). The van der Waals surface area contributed by atoms with Crippen molar-refractivity contribution in [3.8, 4) is 0 Å². The number of benzene rings is 2. The van der Waals surface area contributed by atoms with Crippen molar-refractivity contribution in [2.75, 3.05) is 0 Å². The van der Waals surface area contributed by atoms with Gasteiger partial charge < -0.3 is 0 Å². The third-order valence-corrected chi connectivity index (χ3v) is 5.19. The van der Waals surface area contributed by atoms with Gasteiger partial charge in [0.25, 0.3) is 0 Å². The Morgan fingerprint density at radius 2 is 0.536 bits per heavy atom. The highest BCUT2D eigenvalue weighted by Crippen LogP contribution is 2.29. The minimum atomic E-state index is 0.251. The van der Waals surface area contributed by atoms with E-state index < -0.39 is 0 Å². The first kappa shape index (κ1) is 24.5. The first-order chi connectivity index (χ1) is 12.4. The fourth-order valence-electron chi connectivity index (χ4n) is 2.90. The van der Waals surface area contributed by atoms with E-state index in [9.17, 15) is 0 Å². The van der Waals surface area contributed by atoms with Gasteiger partial charge in [-0.05, 0) is 43.9 Å².